The molecule has 0 aliphatic carbocycles. The Balaban J connectivity index is 2.03. The van der Waals surface area contributed by atoms with Gasteiger partial charge in [0.05, 0.1) is 6.61 Å². The van der Waals surface area contributed by atoms with Crippen molar-refractivity contribution in [2.24, 2.45) is 0 Å². The Bertz CT molecular complexity index is 440. The maximum atomic E-state index is 5.61. The second kappa shape index (κ2) is 5.99. The Hall–Kier alpha value is -1.90. The van der Waals surface area contributed by atoms with Crippen LogP contribution in [0, 0.1) is 0 Å². The van der Waals surface area contributed by atoms with Crippen molar-refractivity contribution < 1.29 is 4.74 Å². The van der Waals surface area contributed by atoms with Crippen LogP contribution in [0.3, 0.4) is 0 Å². The van der Waals surface area contributed by atoms with E-state index in [4.69, 9.17) is 4.74 Å². The lowest BCUT2D eigenvalue weighted by atomic mass is 10.1. The standard InChI is InChI=1S/C14H16N2O/c1-2-3-8-17-14-6-4-12(5-7-14)13-9-15-11-16-10-13/h4-7,9-11H,2-3,8H2,1H3. The van der Waals surface area contributed by atoms with E-state index in [2.05, 4.69) is 16.9 Å². The fourth-order valence-electron chi connectivity index (χ4n) is 1.53. The molecule has 1 aromatic heterocycles. The second-order valence-corrected chi connectivity index (χ2v) is 3.85. The molecular weight excluding hydrogens is 212 g/mol. The molecule has 0 saturated carbocycles. The molecule has 0 bridgehead atoms. The van der Waals surface area contributed by atoms with Crippen LogP contribution in [0.4, 0.5) is 0 Å². The van der Waals surface area contributed by atoms with Crippen LogP contribution in [-0.4, -0.2) is 16.6 Å². The van der Waals surface area contributed by atoms with Gasteiger partial charge >= 0.3 is 0 Å². The summed E-state index contributed by atoms with van der Waals surface area (Å²) in [6.45, 7) is 2.94. The highest BCUT2D eigenvalue weighted by molar-refractivity contribution is 5.62. The third-order valence-corrected chi connectivity index (χ3v) is 2.51. The lowest BCUT2D eigenvalue weighted by Gasteiger charge is -2.06. The zero-order chi connectivity index (χ0) is 11.9. The smallest absolute Gasteiger partial charge is 0.119 e. The molecule has 3 heteroatoms. The maximum Gasteiger partial charge on any atom is 0.119 e. The van der Waals surface area contributed by atoms with Gasteiger partial charge in [-0.15, -0.1) is 0 Å². The van der Waals surface area contributed by atoms with Crippen molar-refractivity contribution in [1.82, 2.24) is 9.97 Å². The lowest BCUT2D eigenvalue weighted by molar-refractivity contribution is 0.309. The van der Waals surface area contributed by atoms with Crippen molar-refractivity contribution >= 4 is 0 Å². The van der Waals surface area contributed by atoms with Crippen LogP contribution >= 0.6 is 0 Å². The van der Waals surface area contributed by atoms with Crippen molar-refractivity contribution in [2.45, 2.75) is 19.8 Å². The Labute approximate surface area is 102 Å². The van der Waals surface area contributed by atoms with Crippen LogP contribution in [0.15, 0.2) is 43.0 Å². The number of aromatic nitrogens is 2. The maximum absolute atomic E-state index is 5.61. The van der Waals surface area contributed by atoms with Crippen LogP contribution in [0.2, 0.25) is 0 Å². The molecular formula is C14H16N2O. The molecule has 0 radical (unpaired) electrons. The zero-order valence-electron chi connectivity index (χ0n) is 9.97. The molecule has 1 heterocycles. The van der Waals surface area contributed by atoms with Gasteiger partial charge < -0.3 is 4.74 Å². The quantitative estimate of drug-likeness (QED) is 0.736. The van der Waals surface area contributed by atoms with Crippen LogP contribution < -0.4 is 4.74 Å². The average molecular weight is 228 g/mol. The van der Waals surface area contributed by atoms with E-state index in [1.807, 2.05) is 24.3 Å². The molecule has 0 aliphatic heterocycles. The Morgan fingerprint density at radius 2 is 1.71 bits per heavy atom. The van der Waals surface area contributed by atoms with Crippen molar-refractivity contribution in [2.75, 3.05) is 6.61 Å². The Kier molecular flexibility index (Phi) is 4.08. The fourth-order valence-corrected chi connectivity index (χ4v) is 1.53. The molecule has 0 fully saturated rings. The first-order valence-corrected chi connectivity index (χ1v) is 5.88. The first-order valence-electron chi connectivity index (χ1n) is 5.88. The zero-order valence-corrected chi connectivity index (χ0v) is 9.97. The fraction of sp³-hybridized carbons (Fsp3) is 0.286. The minimum Gasteiger partial charge on any atom is -0.494 e. The summed E-state index contributed by atoms with van der Waals surface area (Å²) in [5.41, 5.74) is 2.13. The third-order valence-electron chi connectivity index (χ3n) is 2.51. The van der Waals surface area contributed by atoms with Crippen molar-refractivity contribution in [3.05, 3.63) is 43.0 Å². The number of ether oxygens (including phenoxy) is 1. The molecule has 0 N–H and O–H groups in total. The third kappa shape index (κ3) is 3.28. The van der Waals surface area contributed by atoms with E-state index in [9.17, 15) is 0 Å². The molecule has 2 rings (SSSR count). The number of rotatable bonds is 5. The van der Waals surface area contributed by atoms with Crippen LogP contribution in [-0.2, 0) is 0 Å². The molecule has 3 nitrogen and oxygen atoms in total. The van der Waals surface area contributed by atoms with Crippen LogP contribution in [0.5, 0.6) is 5.75 Å². The van der Waals surface area contributed by atoms with E-state index in [1.54, 1.807) is 12.4 Å². The summed E-state index contributed by atoms with van der Waals surface area (Å²) in [7, 11) is 0. The van der Waals surface area contributed by atoms with Crippen molar-refractivity contribution in [3.8, 4) is 16.9 Å². The van der Waals surface area contributed by atoms with E-state index in [0.717, 1.165) is 36.3 Å². The number of nitrogens with zero attached hydrogens (tertiary/aromatic N) is 2. The van der Waals surface area contributed by atoms with E-state index < -0.39 is 0 Å². The predicted octanol–water partition coefficient (Wildman–Crippen LogP) is 3.32. The highest BCUT2D eigenvalue weighted by Gasteiger charge is 1.98. The minimum atomic E-state index is 0.782. The molecule has 0 atom stereocenters. The van der Waals surface area contributed by atoms with E-state index >= 15 is 0 Å². The van der Waals surface area contributed by atoms with Gasteiger partial charge in [0, 0.05) is 18.0 Å². The van der Waals surface area contributed by atoms with Gasteiger partial charge in [0.1, 0.15) is 12.1 Å². The van der Waals surface area contributed by atoms with Gasteiger partial charge in [0.25, 0.3) is 0 Å². The first kappa shape index (κ1) is 11.6. The molecule has 0 aliphatic rings. The van der Waals surface area contributed by atoms with Gasteiger partial charge in [-0.2, -0.15) is 0 Å². The summed E-state index contributed by atoms with van der Waals surface area (Å²) in [4.78, 5) is 8.00. The Morgan fingerprint density at radius 1 is 1.00 bits per heavy atom. The van der Waals surface area contributed by atoms with Crippen LogP contribution in [0.1, 0.15) is 19.8 Å². The summed E-state index contributed by atoms with van der Waals surface area (Å²) < 4.78 is 5.61. The summed E-state index contributed by atoms with van der Waals surface area (Å²) in [5.74, 6) is 0.916. The van der Waals surface area contributed by atoms with E-state index in [0.29, 0.717) is 0 Å². The number of hydrogen-bond acceptors (Lipinski definition) is 3. The average Bonchev–Trinajstić information content (AvgIpc) is 2.41. The number of hydrogen-bond donors (Lipinski definition) is 0. The number of benzene rings is 1. The molecule has 2 aromatic rings. The lowest BCUT2D eigenvalue weighted by Crippen LogP contribution is -1.95. The van der Waals surface area contributed by atoms with E-state index in [-0.39, 0.29) is 0 Å². The summed E-state index contributed by atoms with van der Waals surface area (Å²) in [5, 5.41) is 0. The SMILES string of the molecule is CCCCOc1ccc(-c2cncnc2)cc1. The molecule has 0 amide bonds. The summed E-state index contributed by atoms with van der Waals surface area (Å²) in [6.07, 6.45) is 7.39. The largest absolute Gasteiger partial charge is 0.494 e. The normalized spacial score (nSPS) is 10.2. The molecule has 17 heavy (non-hydrogen) atoms. The molecule has 0 saturated heterocycles. The topological polar surface area (TPSA) is 35.0 Å². The van der Waals surface area contributed by atoms with Gasteiger partial charge in [-0.1, -0.05) is 25.5 Å². The molecule has 1 aromatic carbocycles. The van der Waals surface area contributed by atoms with Gasteiger partial charge in [-0.3, -0.25) is 0 Å². The van der Waals surface area contributed by atoms with E-state index in [1.165, 1.54) is 6.33 Å². The molecule has 0 unspecified atom stereocenters. The van der Waals surface area contributed by atoms with Gasteiger partial charge in [0.15, 0.2) is 0 Å². The summed E-state index contributed by atoms with van der Waals surface area (Å²) >= 11 is 0. The monoisotopic (exact) mass is 228 g/mol. The van der Waals surface area contributed by atoms with Crippen molar-refractivity contribution in [3.63, 3.8) is 0 Å². The first-order chi connectivity index (χ1) is 8.40. The van der Waals surface area contributed by atoms with Gasteiger partial charge in [-0.05, 0) is 24.1 Å². The number of unbranched alkanes of at least 4 members (excludes halogenated alkanes) is 1. The predicted molar refractivity (Wildman–Crippen MR) is 67.9 cm³/mol. The summed E-state index contributed by atoms with van der Waals surface area (Å²) in [6, 6.07) is 8.02. The van der Waals surface area contributed by atoms with Gasteiger partial charge in [0.2, 0.25) is 0 Å². The minimum absolute atomic E-state index is 0.782. The highest BCUT2D eigenvalue weighted by Crippen LogP contribution is 2.20. The van der Waals surface area contributed by atoms with Crippen LogP contribution in [0.25, 0.3) is 11.1 Å². The molecule has 0 spiro atoms. The highest BCUT2D eigenvalue weighted by atomic mass is 16.5. The second-order valence-electron chi connectivity index (χ2n) is 3.85. The Morgan fingerprint density at radius 3 is 2.35 bits per heavy atom. The van der Waals surface area contributed by atoms with Gasteiger partial charge in [-0.25, -0.2) is 9.97 Å². The van der Waals surface area contributed by atoms with Crippen molar-refractivity contribution in [1.29, 1.82) is 0 Å². The molecule has 88 valence electrons.